The van der Waals surface area contributed by atoms with Gasteiger partial charge in [0.2, 0.25) is 29.5 Å². The van der Waals surface area contributed by atoms with Crippen LogP contribution in [0.4, 0.5) is 0 Å². The van der Waals surface area contributed by atoms with E-state index < -0.39 is 414 Å². The van der Waals surface area contributed by atoms with Crippen LogP contribution in [0.15, 0.2) is 0 Å². The molecule has 58 heteroatoms. The number of carboxylic acid groups (broad SMARTS) is 1. The molecular weight excluding hydrogens is 1790 g/mol. The minimum absolute atomic E-state index is 0.851. The zero-order chi connectivity index (χ0) is 96.9. The van der Waals surface area contributed by atoms with Gasteiger partial charge < -0.3 is 260 Å². The van der Waals surface area contributed by atoms with Gasteiger partial charge in [-0.1, -0.05) is 0 Å². The van der Waals surface area contributed by atoms with Crippen LogP contribution in [0.25, 0.3) is 0 Å². The summed E-state index contributed by atoms with van der Waals surface area (Å²) in [5.74, 6) is -9.81. The van der Waals surface area contributed by atoms with Crippen LogP contribution in [0.3, 0.4) is 0 Å². The zero-order valence-electron chi connectivity index (χ0n) is 70.7. The molecule has 5 amide bonds. The first-order valence-corrected chi connectivity index (χ1v) is 41.6. The minimum Gasteiger partial charge on any atom is -0.477 e. The van der Waals surface area contributed by atoms with Crippen molar-refractivity contribution >= 4 is 35.5 Å². The van der Waals surface area contributed by atoms with Crippen molar-refractivity contribution in [3.05, 3.63) is 0 Å². The predicted octanol–water partition coefficient (Wildman–Crippen LogP) is -21.9. The van der Waals surface area contributed by atoms with Crippen LogP contribution in [0, 0.1) is 0 Å². The van der Waals surface area contributed by atoms with Crippen molar-refractivity contribution in [1.29, 1.82) is 0 Å². The predicted molar refractivity (Wildman–Crippen MR) is 403 cm³/mol. The van der Waals surface area contributed by atoms with E-state index in [4.69, 9.17) is 90.0 Å². The summed E-state index contributed by atoms with van der Waals surface area (Å²) in [5, 5.41) is 326. The maximum atomic E-state index is 13.3. The number of aliphatic carboxylic acids is 1. The van der Waals surface area contributed by atoms with Crippen LogP contribution in [0.1, 0.15) is 48.0 Å². The molecule has 7 unspecified atom stereocenters. The molecule has 58 nitrogen and oxygen atoms in total. The van der Waals surface area contributed by atoms with Gasteiger partial charge >= 0.3 is 5.97 Å². The summed E-state index contributed by atoms with van der Waals surface area (Å²) in [6, 6.07) is -9.40. The lowest BCUT2D eigenvalue weighted by molar-refractivity contribution is -0.399. The van der Waals surface area contributed by atoms with Crippen LogP contribution in [0.5, 0.6) is 0 Å². The lowest BCUT2D eigenvalue weighted by atomic mass is 9.88. The van der Waals surface area contributed by atoms with E-state index in [0.29, 0.717) is 0 Å². The van der Waals surface area contributed by atoms with Gasteiger partial charge in [0.25, 0.3) is 5.79 Å². The van der Waals surface area contributed by atoms with Crippen LogP contribution in [-0.2, 0) is 119 Å². The highest BCUT2D eigenvalue weighted by Crippen LogP contribution is 2.42. The minimum atomic E-state index is -3.11. The lowest BCUT2D eigenvalue weighted by Gasteiger charge is -2.51. The van der Waals surface area contributed by atoms with Gasteiger partial charge in [-0.3, -0.25) is 24.0 Å². The van der Waals surface area contributed by atoms with E-state index >= 15 is 0 Å². The standard InChI is InChI=1S/C73H121N5O53/c1-17-38(92)49(103)53(107)67(116-17)113-15-32-58(46(100)34(63(110)117-32)75-19(3)86)125-65-36(77-21(5)88)47(101)57(29(13-84)121-65)127-69-55(109)60(44(98)30(123-69)14-114-70-61(51(105)41(95)26(10-81)119-70)129-64-35(76-20(4)87)45(99)40(94)25(9-80)118-64)128-71-62(52(106)42(96)27(11-82)120-71)130-66-37(78-22(6)89)48(102)56(28(12-83)122-66)126-68-54(108)50(104)43(97)31(124-68)16-115-73(72(111)112)7-23(90)33(74-18(2)85)59(131-73)39(93)24(91)8-79/h17,23-71,79-84,90-110H,7-16H2,1-6H3,(H,74,85)(H,75,86)(H,76,87)(H,77,88)(H,78,89)(H,111,112)/t17-,23-,24+,25+,26+,27+,28+,29+,30+,31+,32+,33+,34+,35+,36+,37+,38+,39+,40+,41+,42+,43-,44+,45+,46+,47+,48+,49+,50-,51-,52-,53-,54+,55-,56+,57+,58+,59+,60-,61-,62-,63?,64?,65-,66?,67+,68?,69?,70?,71?,73+/m0/s1. The highest BCUT2D eigenvalue weighted by molar-refractivity contribution is 5.77. The molecule has 10 aliphatic heterocycles. The number of ether oxygens (including phenoxy) is 19. The largest absolute Gasteiger partial charge is 0.477 e. The number of rotatable bonds is 35. The molecule has 131 heavy (non-hydrogen) atoms. The summed E-state index contributed by atoms with van der Waals surface area (Å²) in [6.45, 7) is -4.47. The number of aliphatic hydroxyl groups is 27. The van der Waals surface area contributed by atoms with Gasteiger partial charge in [-0.05, 0) is 6.92 Å². The van der Waals surface area contributed by atoms with Crippen molar-refractivity contribution in [1.82, 2.24) is 26.6 Å². The Morgan fingerprint density at radius 2 is 0.679 bits per heavy atom. The number of aliphatic hydroxyl groups excluding tert-OH is 27. The van der Waals surface area contributed by atoms with Crippen molar-refractivity contribution in [2.45, 2.75) is 360 Å². The molecule has 33 N–H and O–H groups in total. The Balaban J connectivity index is 0.960. The molecule has 0 aliphatic carbocycles. The summed E-state index contributed by atoms with van der Waals surface area (Å²) >= 11 is 0. The number of nitrogens with one attached hydrogen (secondary N) is 5. The summed E-state index contributed by atoms with van der Waals surface area (Å²) in [7, 11) is 0. The number of hydrogen-bond donors (Lipinski definition) is 33. The molecule has 756 valence electrons. The molecule has 10 fully saturated rings. The monoisotopic (exact) mass is 1920 g/mol. The second-order valence-corrected chi connectivity index (χ2v) is 33.2. The molecule has 51 atom stereocenters. The second-order valence-electron chi connectivity index (χ2n) is 33.2. The van der Waals surface area contributed by atoms with E-state index in [1.165, 1.54) is 6.92 Å². The molecule has 0 aromatic heterocycles. The van der Waals surface area contributed by atoms with E-state index in [-0.39, 0.29) is 0 Å². The fraction of sp³-hybridized carbons (Fsp3) is 0.918. The molecule has 10 aliphatic rings. The summed E-state index contributed by atoms with van der Waals surface area (Å²) in [4.78, 5) is 76.7. The maximum Gasteiger partial charge on any atom is 0.364 e. The Hall–Kier alpha value is -5.02. The molecule has 10 saturated heterocycles. The van der Waals surface area contributed by atoms with Gasteiger partial charge in [-0.25, -0.2) is 4.79 Å². The fourth-order valence-electron chi connectivity index (χ4n) is 16.8. The lowest BCUT2D eigenvalue weighted by Crippen LogP contribution is -2.71. The number of carbonyl (C=O) groups excluding carboxylic acids is 5. The van der Waals surface area contributed by atoms with Gasteiger partial charge in [0, 0.05) is 41.0 Å². The fourth-order valence-corrected chi connectivity index (χ4v) is 16.8. The van der Waals surface area contributed by atoms with Crippen molar-refractivity contribution in [3.63, 3.8) is 0 Å². The smallest absolute Gasteiger partial charge is 0.364 e. The van der Waals surface area contributed by atoms with Crippen LogP contribution in [-0.4, -0.2) is 550 Å². The molecule has 0 saturated carbocycles. The number of amides is 5. The summed E-state index contributed by atoms with van der Waals surface area (Å²) in [6.07, 6.45) is -97.5. The number of carbonyl (C=O) groups is 6. The average molecular weight is 1920 g/mol. The molecule has 0 bridgehead atoms. The van der Waals surface area contributed by atoms with E-state index in [2.05, 4.69) is 26.6 Å². The Morgan fingerprint density at radius 3 is 1.16 bits per heavy atom. The SMILES string of the molecule is CC(=O)N[C@H]1[C@H](O[C@H]2[C@H](O)[C@@H](NC(C)=O)C(O)O[C@@H]2CO[C@@H]2O[C@@H](C)[C@@H](O)[C@@H](O)[C@@H]2O)O[C@H](CO)[C@@H](OC2O[C@H](COC3O[C@H](CO)[C@@H](O)[C@H](O)[C@@H]3OC3O[C@H](CO)[C@@H](O)[C@H](O)[C@H]3NC(C)=O)[C@@H](O)[C@H](OC3O[C@H](CO)[C@@H](O)[C@H](O)[C@@H]3OC3O[C@H](CO)[C@@H](OC4O[C@H](CO[C@]5(C(=O)O)C[C@H](O)[C@@H](NC(C)=O)[C@H]([C@H](O)[C@H](O)CO)O5)[C@H](O)[C@H](O)[C@H]4O)[C@H](O)[C@H]3NC(C)=O)[C@@H]2O)[C@@H]1O. The first-order chi connectivity index (χ1) is 61.7. The third-order valence-corrected chi connectivity index (χ3v) is 23.8. The average Bonchev–Trinajstić information content (AvgIpc) is 0.780. The number of hydrogen-bond acceptors (Lipinski definition) is 52. The van der Waals surface area contributed by atoms with Crippen molar-refractivity contribution < 1.29 is 262 Å². The summed E-state index contributed by atoms with van der Waals surface area (Å²) < 4.78 is 113. The van der Waals surface area contributed by atoms with Crippen molar-refractivity contribution in [2.24, 2.45) is 0 Å². The molecule has 0 aromatic carbocycles. The quantitative estimate of drug-likeness (QED) is 0.0280. The second kappa shape index (κ2) is 46.6. The Labute approximate surface area is 741 Å². The van der Waals surface area contributed by atoms with Crippen LogP contribution in [0.2, 0.25) is 0 Å². The Morgan fingerprint density at radius 1 is 0.328 bits per heavy atom. The maximum absolute atomic E-state index is 13.3. The number of carboxylic acids is 1. The van der Waals surface area contributed by atoms with E-state index in [0.717, 1.165) is 34.6 Å². The first kappa shape index (κ1) is 108. The van der Waals surface area contributed by atoms with E-state index in [1.54, 1.807) is 0 Å². The van der Waals surface area contributed by atoms with Gasteiger partial charge in [-0.2, -0.15) is 0 Å². The molecule has 10 rings (SSSR count). The summed E-state index contributed by atoms with van der Waals surface area (Å²) in [5.41, 5.74) is 0. The van der Waals surface area contributed by atoms with Gasteiger partial charge in [0.1, 0.15) is 232 Å². The van der Waals surface area contributed by atoms with E-state index in [9.17, 15) is 172 Å². The topological polar surface area (TPSA) is 904 Å². The van der Waals surface area contributed by atoms with Crippen molar-refractivity contribution in [3.8, 4) is 0 Å². The van der Waals surface area contributed by atoms with Crippen LogP contribution >= 0.6 is 0 Å². The highest BCUT2D eigenvalue weighted by Gasteiger charge is 2.63. The highest BCUT2D eigenvalue weighted by atomic mass is 16.8. The third kappa shape index (κ3) is 24.3. The third-order valence-electron chi connectivity index (χ3n) is 23.8. The van der Waals surface area contributed by atoms with Gasteiger partial charge in [-0.15, -0.1) is 0 Å². The molecule has 0 aromatic rings. The Bertz CT molecular complexity index is 3670. The van der Waals surface area contributed by atoms with Crippen LogP contribution < -0.4 is 26.6 Å². The normalized spacial score (nSPS) is 47.5. The zero-order valence-corrected chi connectivity index (χ0v) is 70.7. The molecule has 0 radical (unpaired) electrons. The van der Waals surface area contributed by atoms with Gasteiger partial charge in [0.15, 0.2) is 56.6 Å². The van der Waals surface area contributed by atoms with Crippen molar-refractivity contribution in [2.75, 3.05) is 59.5 Å². The molecule has 0 spiro atoms. The van der Waals surface area contributed by atoms with E-state index in [1.807, 2.05) is 0 Å². The molecular formula is C73H121N5O53. The first-order valence-electron chi connectivity index (χ1n) is 41.6. The molecule has 10 heterocycles. The Kier molecular flexibility index (Phi) is 38.4. The van der Waals surface area contributed by atoms with Gasteiger partial charge in [0.05, 0.1) is 77.7 Å².